The molecule has 2 aromatic heterocycles. The second-order valence-corrected chi connectivity index (χ2v) is 4.42. The standard InChI is InChI=1S/C12H10N2OS/c1-15-12-7-6-11(16-12)14-8-13-9-4-2-3-5-10(9)14/h2-8H,1H3. The summed E-state index contributed by atoms with van der Waals surface area (Å²) in [5.41, 5.74) is 2.13. The topological polar surface area (TPSA) is 27.1 Å². The van der Waals surface area contributed by atoms with Crippen LogP contribution < -0.4 is 4.74 Å². The molecule has 0 bridgehead atoms. The van der Waals surface area contributed by atoms with Gasteiger partial charge < -0.3 is 4.74 Å². The Balaban J connectivity index is 2.18. The lowest BCUT2D eigenvalue weighted by Gasteiger charge is -1.98. The van der Waals surface area contributed by atoms with Gasteiger partial charge >= 0.3 is 0 Å². The van der Waals surface area contributed by atoms with Crippen molar-refractivity contribution in [1.29, 1.82) is 0 Å². The fraction of sp³-hybridized carbons (Fsp3) is 0.0833. The van der Waals surface area contributed by atoms with E-state index in [1.165, 1.54) is 0 Å². The molecule has 16 heavy (non-hydrogen) atoms. The number of thiophene rings is 1. The molecule has 0 amide bonds. The Hall–Kier alpha value is -1.81. The van der Waals surface area contributed by atoms with Gasteiger partial charge in [-0.3, -0.25) is 4.57 Å². The van der Waals surface area contributed by atoms with Gasteiger partial charge in [-0.25, -0.2) is 4.98 Å². The molecule has 0 unspecified atom stereocenters. The summed E-state index contributed by atoms with van der Waals surface area (Å²) in [6, 6.07) is 12.1. The number of fused-ring (bicyclic) bond motifs is 1. The van der Waals surface area contributed by atoms with E-state index in [-0.39, 0.29) is 0 Å². The van der Waals surface area contributed by atoms with Crippen LogP contribution in [0.25, 0.3) is 16.0 Å². The van der Waals surface area contributed by atoms with E-state index in [1.54, 1.807) is 18.4 Å². The lowest BCUT2D eigenvalue weighted by molar-refractivity contribution is 0.427. The maximum atomic E-state index is 5.19. The average Bonchev–Trinajstić information content (AvgIpc) is 2.94. The highest BCUT2D eigenvalue weighted by molar-refractivity contribution is 7.16. The Labute approximate surface area is 96.9 Å². The number of hydrogen-bond acceptors (Lipinski definition) is 3. The number of ether oxygens (including phenoxy) is 1. The van der Waals surface area contributed by atoms with E-state index in [0.29, 0.717) is 0 Å². The summed E-state index contributed by atoms with van der Waals surface area (Å²) in [6.07, 6.45) is 1.84. The third kappa shape index (κ3) is 1.39. The number of benzene rings is 1. The van der Waals surface area contributed by atoms with Crippen molar-refractivity contribution >= 4 is 22.4 Å². The fourth-order valence-electron chi connectivity index (χ4n) is 1.68. The van der Waals surface area contributed by atoms with Crippen LogP contribution in [0.3, 0.4) is 0 Å². The number of para-hydroxylation sites is 2. The number of methoxy groups -OCH3 is 1. The Bertz CT molecular complexity index is 627. The van der Waals surface area contributed by atoms with Gasteiger partial charge in [0.2, 0.25) is 0 Å². The molecule has 0 radical (unpaired) electrons. The first-order chi connectivity index (χ1) is 7.88. The van der Waals surface area contributed by atoms with Gasteiger partial charge in [0, 0.05) is 0 Å². The maximum absolute atomic E-state index is 5.19. The maximum Gasteiger partial charge on any atom is 0.175 e. The van der Waals surface area contributed by atoms with Crippen LogP contribution in [-0.4, -0.2) is 16.7 Å². The highest BCUT2D eigenvalue weighted by Gasteiger charge is 2.06. The molecule has 4 heteroatoms. The Morgan fingerprint density at radius 2 is 2.06 bits per heavy atom. The van der Waals surface area contributed by atoms with Crippen molar-refractivity contribution in [3.05, 3.63) is 42.7 Å². The zero-order valence-electron chi connectivity index (χ0n) is 8.75. The van der Waals surface area contributed by atoms with Gasteiger partial charge in [-0.05, 0) is 24.3 Å². The summed E-state index contributed by atoms with van der Waals surface area (Å²) in [5, 5.41) is 2.03. The van der Waals surface area contributed by atoms with E-state index < -0.39 is 0 Å². The zero-order valence-corrected chi connectivity index (χ0v) is 9.57. The van der Waals surface area contributed by atoms with Gasteiger partial charge in [0.1, 0.15) is 11.3 Å². The van der Waals surface area contributed by atoms with Crippen LogP contribution in [0.15, 0.2) is 42.7 Å². The van der Waals surface area contributed by atoms with E-state index in [1.807, 2.05) is 36.7 Å². The van der Waals surface area contributed by atoms with Crippen molar-refractivity contribution < 1.29 is 4.74 Å². The van der Waals surface area contributed by atoms with Crippen LogP contribution in [0, 0.1) is 0 Å². The highest BCUT2D eigenvalue weighted by atomic mass is 32.1. The van der Waals surface area contributed by atoms with Crippen molar-refractivity contribution in [3.63, 3.8) is 0 Å². The molecule has 3 aromatic rings. The molecule has 0 aliphatic heterocycles. The molecular formula is C12H10N2OS. The molecule has 0 saturated heterocycles. The molecule has 0 aliphatic rings. The van der Waals surface area contributed by atoms with Gasteiger partial charge in [-0.15, -0.1) is 0 Å². The second-order valence-electron chi connectivity index (χ2n) is 3.40. The molecular weight excluding hydrogens is 220 g/mol. The first kappa shape index (κ1) is 9.42. The van der Waals surface area contributed by atoms with Crippen LogP contribution in [0.5, 0.6) is 5.06 Å². The highest BCUT2D eigenvalue weighted by Crippen LogP contribution is 2.29. The molecule has 3 rings (SSSR count). The van der Waals surface area contributed by atoms with Crippen LogP contribution in [-0.2, 0) is 0 Å². The van der Waals surface area contributed by atoms with Crippen molar-refractivity contribution in [3.8, 4) is 10.1 Å². The van der Waals surface area contributed by atoms with Gasteiger partial charge in [0.15, 0.2) is 5.06 Å². The lowest BCUT2D eigenvalue weighted by Crippen LogP contribution is -1.86. The second kappa shape index (κ2) is 3.64. The Kier molecular flexibility index (Phi) is 2.15. The van der Waals surface area contributed by atoms with Crippen molar-refractivity contribution in [2.24, 2.45) is 0 Å². The van der Waals surface area contributed by atoms with E-state index in [2.05, 4.69) is 15.6 Å². The number of imidazole rings is 1. The molecule has 0 spiro atoms. The third-order valence-electron chi connectivity index (χ3n) is 2.46. The van der Waals surface area contributed by atoms with Crippen molar-refractivity contribution in [2.45, 2.75) is 0 Å². The molecule has 0 saturated carbocycles. The van der Waals surface area contributed by atoms with E-state index >= 15 is 0 Å². The largest absolute Gasteiger partial charge is 0.487 e. The Morgan fingerprint density at radius 3 is 2.88 bits per heavy atom. The van der Waals surface area contributed by atoms with Gasteiger partial charge in [-0.2, -0.15) is 0 Å². The summed E-state index contributed by atoms with van der Waals surface area (Å²) in [7, 11) is 1.68. The van der Waals surface area contributed by atoms with Gasteiger partial charge in [0.25, 0.3) is 0 Å². The van der Waals surface area contributed by atoms with E-state index in [4.69, 9.17) is 4.74 Å². The lowest BCUT2D eigenvalue weighted by atomic mass is 10.3. The predicted octanol–water partition coefficient (Wildman–Crippen LogP) is 3.10. The minimum Gasteiger partial charge on any atom is -0.487 e. The minimum atomic E-state index is 0.910. The molecule has 0 N–H and O–H groups in total. The summed E-state index contributed by atoms with van der Waals surface area (Å²) < 4.78 is 7.26. The number of aromatic nitrogens is 2. The summed E-state index contributed by atoms with van der Waals surface area (Å²) in [4.78, 5) is 4.36. The summed E-state index contributed by atoms with van der Waals surface area (Å²) in [6.45, 7) is 0. The number of nitrogens with zero attached hydrogens (tertiary/aromatic N) is 2. The minimum absolute atomic E-state index is 0.910. The van der Waals surface area contributed by atoms with Crippen molar-refractivity contribution in [1.82, 2.24) is 9.55 Å². The predicted molar refractivity (Wildman–Crippen MR) is 65.5 cm³/mol. The molecule has 0 fully saturated rings. The SMILES string of the molecule is COc1ccc(-n2cnc3ccccc32)s1. The number of rotatable bonds is 2. The van der Waals surface area contributed by atoms with Crippen molar-refractivity contribution in [2.75, 3.05) is 7.11 Å². The molecule has 3 nitrogen and oxygen atoms in total. The monoisotopic (exact) mass is 230 g/mol. The number of hydrogen-bond donors (Lipinski definition) is 0. The molecule has 0 aliphatic carbocycles. The first-order valence-corrected chi connectivity index (χ1v) is 5.76. The molecule has 0 atom stereocenters. The normalized spacial score (nSPS) is 10.8. The molecule has 1 aromatic carbocycles. The smallest absolute Gasteiger partial charge is 0.175 e. The van der Waals surface area contributed by atoms with E-state index in [0.717, 1.165) is 21.1 Å². The average molecular weight is 230 g/mol. The molecule has 2 heterocycles. The van der Waals surface area contributed by atoms with Gasteiger partial charge in [0.05, 0.1) is 18.1 Å². The Morgan fingerprint density at radius 1 is 1.19 bits per heavy atom. The van der Waals surface area contributed by atoms with Gasteiger partial charge in [-0.1, -0.05) is 23.5 Å². The summed E-state index contributed by atoms with van der Waals surface area (Å²) >= 11 is 1.61. The van der Waals surface area contributed by atoms with E-state index in [9.17, 15) is 0 Å². The summed E-state index contributed by atoms with van der Waals surface area (Å²) in [5.74, 6) is 0. The van der Waals surface area contributed by atoms with Crippen LogP contribution in [0.2, 0.25) is 0 Å². The van der Waals surface area contributed by atoms with Crippen LogP contribution in [0.4, 0.5) is 0 Å². The van der Waals surface area contributed by atoms with Crippen LogP contribution >= 0.6 is 11.3 Å². The van der Waals surface area contributed by atoms with Crippen LogP contribution in [0.1, 0.15) is 0 Å². The zero-order chi connectivity index (χ0) is 11.0. The third-order valence-corrected chi connectivity index (χ3v) is 3.51. The quantitative estimate of drug-likeness (QED) is 0.676. The molecule has 80 valence electrons. The first-order valence-electron chi connectivity index (χ1n) is 4.95. The fourth-order valence-corrected chi connectivity index (χ4v) is 2.49.